The minimum atomic E-state index is -2.89. The van der Waals surface area contributed by atoms with Gasteiger partial charge in [-0.25, -0.2) is 4.85 Å². The lowest BCUT2D eigenvalue weighted by Gasteiger charge is -2.36. The van der Waals surface area contributed by atoms with E-state index in [4.69, 9.17) is 6.57 Å². The Kier molecular flexibility index (Phi) is 7.63. The van der Waals surface area contributed by atoms with Crippen molar-refractivity contribution in [3.8, 4) is 29.0 Å². The van der Waals surface area contributed by atoms with Gasteiger partial charge in [-0.2, -0.15) is 10.5 Å². The summed E-state index contributed by atoms with van der Waals surface area (Å²) in [7, 11) is -2.89. The highest BCUT2D eigenvalue weighted by molar-refractivity contribution is 7.20. The summed E-state index contributed by atoms with van der Waals surface area (Å²) < 4.78 is 2.21. The van der Waals surface area contributed by atoms with Gasteiger partial charge in [0.05, 0.1) is 40.9 Å². The van der Waals surface area contributed by atoms with E-state index >= 15 is 0 Å². The van der Waals surface area contributed by atoms with Crippen LogP contribution in [0.1, 0.15) is 11.1 Å². The average molecular weight is 653 g/mol. The first-order valence-electron chi connectivity index (χ1n) is 16.3. The summed E-state index contributed by atoms with van der Waals surface area (Å²) in [6.45, 7) is 7.58. The number of rotatable bonds is 6. The summed E-state index contributed by atoms with van der Waals surface area (Å²) in [5, 5.41) is 26.2. The van der Waals surface area contributed by atoms with E-state index in [1.807, 2.05) is 48.5 Å². The molecule has 8 aromatic rings. The van der Waals surface area contributed by atoms with Gasteiger partial charge < -0.3 is 4.57 Å². The van der Waals surface area contributed by atoms with Gasteiger partial charge in [-0.1, -0.05) is 115 Å². The Bertz CT molecular complexity index is 2540. The summed E-state index contributed by atoms with van der Waals surface area (Å²) >= 11 is 0. The first kappa shape index (κ1) is 30.4. The number of hydrogen-bond donors (Lipinski definition) is 0. The van der Waals surface area contributed by atoms with Crippen molar-refractivity contribution in [2.45, 2.75) is 0 Å². The molecule has 0 radical (unpaired) electrons. The largest absolute Gasteiger partial charge is 0.309 e. The number of fused-ring (bicyclic) bond motifs is 3. The topological polar surface area (TPSA) is 56.9 Å². The molecular formula is C45H28N4Si. The van der Waals surface area contributed by atoms with E-state index in [1.165, 1.54) is 20.7 Å². The molecule has 0 fully saturated rings. The van der Waals surface area contributed by atoms with Gasteiger partial charge in [0.25, 0.3) is 0 Å². The molecule has 0 spiro atoms. The maximum Gasteiger partial charge on any atom is 0.188 e. The third kappa shape index (κ3) is 4.88. The Labute approximate surface area is 291 Å². The van der Waals surface area contributed by atoms with Crippen LogP contribution in [-0.2, 0) is 0 Å². The van der Waals surface area contributed by atoms with Crippen LogP contribution in [0.4, 0.5) is 5.69 Å². The zero-order valence-electron chi connectivity index (χ0n) is 27.0. The van der Waals surface area contributed by atoms with Crippen LogP contribution in [0.3, 0.4) is 0 Å². The monoisotopic (exact) mass is 652 g/mol. The van der Waals surface area contributed by atoms with E-state index in [9.17, 15) is 10.5 Å². The van der Waals surface area contributed by atoms with Gasteiger partial charge in [0, 0.05) is 11.1 Å². The normalized spacial score (nSPS) is 11.1. The minimum Gasteiger partial charge on any atom is -0.309 e. The molecule has 0 amide bonds. The minimum absolute atomic E-state index is 0.567. The van der Waals surface area contributed by atoms with E-state index < -0.39 is 8.07 Å². The summed E-state index contributed by atoms with van der Waals surface area (Å²) in [6.07, 6.45) is 0. The molecule has 5 heteroatoms. The second-order valence-electron chi connectivity index (χ2n) is 12.3. The Hall–Kier alpha value is -6.97. The van der Waals surface area contributed by atoms with Crippen LogP contribution in [0, 0.1) is 29.2 Å². The van der Waals surface area contributed by atoms with Crippen LogP contribution >= 0.6 is 0 Å². The van der Waals surface area contributed by atoms with Crippen LogP contribution in [0.2, 0.25) is 0 Å². The van der Waals surface area contributed by atoms with Gasteiger partial charge in [0.2, 0.25) is 0 Å². The van der Waals surface area contributed by atoms with Crippen molar-refractivity contribution in [2.24, 2.45) is 0 Å². The standard InChI is InChI=1S/C45H28N4Si/c1-48-35-21-27-44-42(29-35)41-28-33(31-47)18-26-43(41)49(44)36-22-19-34(20-23-36)40-14-8-9-15-45(40)50(37-10-4-2-5-11-37,38-12-6-3-7-13-38)39-24-16-32(30-46)17-25-39/h2-29H. The number of nitriles is 2. The Morgan fingerprint density at radius 1 is 0.520 bits per heavy atom. The molecule has 0 aliphatic rings. The molecule has 7 aromatic carbocycles. The molecule has 0 N–H and O–H groups in total. The smallest absolute Gasteiger partial charge is 0.188 e. The van der Waals surface area contributed by atoms with Crippen LogP contribution in [0.25, 0.3) is 43.5 Å². The van der Waals surface area contributed by atoms with Gasteiger partial charge in [-0.15, -0.1) is 0 Å². The Balaban J connectivity index is 1.35. The van der Waals surface area contributed by atoms with Crippen molar-refractivity contribution in [1.82, 2.24) is 4.57 Å². The third-order valence-corrected chi connectivity index (χ3v) is 14.5. The Morgan fingerprint density at radius 3 is 1.68 bits per heavy atom. The van der Waals surface area contributed by atoms with Crippen LogP contribution in [0.5, 0.6) is 0 Å². The lowest BCUT2D eigenvalue weighted by Crippen LogP contribution is -2.75. The predicted octanol–water partition coefficient (Wildman–Crippen LogP) is 8.12. The highest BCUT2D eigenvalue weighted by Gasteiger charge is 2.42. The molecule has 0 unspecified atom stereocenters. The second-order valence-corrected chi connectivity index (χ2v) is 16.0. The lowest BCUT2D eigenvalue weighted by atomic mass is 10.1. The fourth-order valence-corrected chi connectivity index (χ4v) is 12.4. The van der Waals surface area contributed by atoms with E-state index in [2.05, 4.69) is 143 Å². The molecule has 0 saturated heterocycles. The highest BCUT2D eigenvalue weighted by Crippen LogP contribution is 2.35. The number of aromatic nitrogens is 1. The summed E-state index contributed by atoms with van der Waals surface area (Å²) in [5.74, 6) is 0. The zero-order valence-corrected chi connectivity index (χ0v) is 28.0. The van der Waals surface area contributed by atoms with Crippen molar-refractivity contribution >= 4 is 56.3 Å². The Morgan fingerprint density at radius 2 is 1.06 bits per heavy atom. The zero-order chi connectivity index (χ0) is 34.1. The molecule has 4 nitrogen and oxygen atoms in total. The molecule has 0 aliphatic carbocycles. The van der Waals surface area contributed by atoms with Crippen LogP contribution in [0.15, 0.2) is 170 Å². The molecule has 8 rings (SSSR count). The van der Waals surface area contributed by atoms with Crippen LogP contribution < -0.4 is 20.7 Å². The maximum atomic E-state index is 9.67. The lowest BCUT2D eigenvalue weighted by molar-refractivity contribution is 1.18. The van der Waals surface area contributed by atoms with Gasteiger partial charge in [-0.05, 0) is 91.9 Å². The number of nitrogens with zero attached hydrogens (tertiary/aromatic N) is 4. The van der Waals surface area contributed by atoms with E-state index in [0.717, 1.165) is 38.6 Å². The fraction of sp³-hybridized carbons (Fsp3) is 0. The van der Waals surface area contributed by atoms with E-state index in [-0.39, 0.29) is 0 Å². The molecule has 0 saturated carbocycles. The van der Waals surface area contributed by atoms with Crippen LogP contribution in [-0.4, -0.2) is 12.6 Å². The summed E-state index contributed by atoms with van der Waals surface area (Å²) in [4.78, 5) is 3.66. The third-order valence-electron chi connectivity index (χ3n) is 9.64. The van der Waals surface area contributed by atoms with Crippen molar-refractivity contribution in [2.75, 3.05) is 0 Å². The van der Waals surface area contributed by atoms with Gasteiger partial charge in [0.1, 0.15) is 0 Å². The van der Waals surface area contributed by atoms with Crippen molar-refractivity contribution in [3.05, 3.63) is 192 Å². The molecule has 1 aromatic heterocycles. The fourth-order valence-electron chi connectivity index (χ4n) is 7.42. The van der Waals surface area contributed by atoms with Crippen molar-refractivity contribution < 1.29 is 0 Å². The molecule has 0 aliphatic heterocycles. The molecule has 232 valence electrons. The predicted molar refractivity (Wildman–Crippen MR) is 206 cm³/mol. The number of benzene rings is 7. The number of hydrogen-bond acceptors (Lipinski definition) is 2. The highest BCUT2D eigenvalue weighted by atomic mass is 28.3. The van der Waals surface area contributed by atoms with Gasteiger partial charge >= 0.3 is 0 Å². The quantitative estimate of drug-likeness (QED) is 0.104. The van der Waals surface area contributed by atoms with E-state index in [1.54, 1.807) is 0 Å². The van der Waals surface area contributed by atoms with Crippen molar-refractivity contribution in [1.29, 1.82) is 10.5 Å². The molecular weight excluding hydrogens is 625 g/mol. The van der Waals surface area contributed by atoms with Gasteiger partial charge in [0.15, 0.2) is 13.8 Å². The summed E-state index contributed by atoms with van der Waals surface area (Å²) in [5.41, 5.74) is 7.01. The van der Waals surface area contributed by atoms with Crippen molar-refractivity contribution in [3.63, 3.8) is 0 Å². The van der Waals surface area contributed by atoms with E-state index in [0.29, 0.717) is 16.8 Å². The molecule has 0 bridgehead atoms. The SMILES string of the molecule is [C-]#[N+]c1ccc2c(c1)c1cc(C#N)ccc1n2-c1ccc(-c2ccccc2[Si](c2ccccc2)(c2ccccc2)c2ccc(C#N)cc2)cc1. The maximum absolute atomic E-state index is 9.67. The van der Waals surface area contributed by atoms with Gasteiger partial charge in [-0.3, -0.25) is 0 Å². The molecule has 1 heterocycles. The molecule has 0 atom stereocenters. The summed E-state index contributed by atoms with van der Waals surface area (Å²) in [6, 6.07) is 63.2. The first-order valence-corrected chi connectivity index (χ1v) is 18.3. The average Bonchev–Trinajstić information content (AvgIpc) is 3.52. The second kappa shape index (κ2) is 12.6. The first-order chi connectivity index (χ1) is 24.6. The molecule has 50 heavy (non-hydrogen) atoms.